The minimum Gasteiger partial charge on any atom is -0.482 e. The van der Waals surface area contributed by atoms with E-state index in [0.29, 0.717) is 0 Å². The molecule has 33 heavy (non-hydrogen) atoms. The number of carboxylic acids is 1. The van der Waals surface area contributed by atoms with Gasteiger partial charge >= 0.3 is 0 Å². The van der Waals surface area contributed by atoms with Crippen LogP contribution in [0.4, 0.5) is 0 Å². The largest absolute Gasteiger partial charge is 0.482 e. The summed E-state index contributed by atoms with van der Waals surface area (Å²) in [6, 6.07) is -3.36. The molecule has 0 aliphatic carbocycles. The molecule has 0 aromatic heterocycles. The topological polar surface area (TPSA) is 157 Å². The third kappa shape index (κ3) is 14.7. The number of likely N-dealkylation sites (N-methyl/N-ethyl adjacent to an activating group) is 1. The zero-order chi connectivity index (χ0) is 23.8. The fraction of sp³-hybridized carbons (Fsp3) is 0.684. The van der Waals surface area contributed by atoms with Crippen LogP contribution < -0.4 is 21.3 Å². The van der Waals surface area contributed by atoms with Gasteiger partial charge in [-0.1, -0.05) is 13.8 Å². The number of hydrogen-bond acceptors (Lipinski definition) is 6. The van der Waals surface area contributed by atoms with Gasteiger partial charge in [0.25, 0.3) is 5.97 Å². The van der Waals surface area contributed by atoms with Crippen LogP contribution in [-0.2, 0) is 122 Å². The molecule has 0 fully saturated rings. The molecule has 4 amide bonds. The first-order valence-corrected chi connectivity index (χ1v) is 9.53. The zero-order valence-corrected chi connectivity index (χ0v) is 28.9. The van der Waals surface area contributed by atoms with Gasteiger partial charge in [-0.2, -0.15) is 0 Å². The number of carbonyl (C=O) groups excluding carboxylic acids is 4. The summed E-state index contributed by atoms with van der Waals surface area (Å²) in [5, 5.41) is 18.5. The van der Waals surface area contributed by atoms with Gasteiger partial charge in [-0.3, -0.25) is 28.9 Å². The molecule has 0 aliphatic rings. The molecule has 0 heterocycles. The van der Waals surface area contributed by atoms with Crippen molar-refractivity contribution in [1.29, 1.82) is 0 Å². The second kappa shape index (κ2) is 18.8. The van der Waals surface area contributed by atoms with Gasteiger partial charge in [0.05, 0.1) is 12.1 Å². The molecule has 0 saturated carbocycles. The molecule has 3 atom stereocenters. The van der Waals surface area contributed by atoms with Gasteiger partial charge in [-0.15, -0.1) is 0 Å². The van der Waals surface area contributed by atoms with Crippen molar-refractivity contribution in [2.45, 2.75) is 58.3 Å². The normalized spacial score (nSPS) is 13.2. The van der Waals surface area contributed by atoms with Gasteiger partial charge < -0.3 is 33.3 Å². The Hall–Kier alpha value is 0.622. The Morgan fingerprint density at radius 2 is 1.39 bits per heavy atom. The van der Waals surface area contributed by atoms with E-state index in [9.17, 15) is 24.0 Å². The summed E-state index contributed by atoms with van der Waals surface area (Å²) >= 11 is 0. The van der Waals surface area contributed by atoms with E-state index in [4.69, 9.17) is 5.11 Å². The second-order valence-corrected chi connectivity index (χ2v) is 8.06. The van der Waals surface area contributed by atoms with E-state index in [1.54, 1.807) is 46.7 Å². The maximum absolute atomic E-state index is 12.4. The molecule has 0 saturated heterocycles. The van der Waals surface area contributed by atoms with Crippen molar-refractivity contribution < 1.29 is 127 Å². The third-order valence-electron chi connectivity index (χ3n) is 4.72. The fourth-order valence-corrected chi connectivity index (χ4v) is 2.07. The third-order valence-corrected chi connectivity index (χ3v) is 4.72. The van der Waals surface area contributed by atoms with Crippen LogP contribution in [0.1, 0.15) is 34.6 Å². The standard InChI is InChI=1S/C19H34N5O6.3Y/c1-10(2)14(16(27)22-12(4)17(28)29)23-15(26)11(3)21-13(25)9-20-18(30)19(5,6)24(7)8;;;/h10-12,14H,4,9H2,1-3,5-8H3,(H,20,30)(H,21,25)(H,22,27)(H,23,26)(H,28,29);;;/q-1;;;. The Kier molecular flexibility index (Phi) is 23.3. The van der Waals surface area contributed by atoms with Gasteiger partial charge in [0, 0.05) is 104 Å². The molecule has 14 heteroatoms. The summed E-state index contributed by atoms with van der Waals surface area (Å²) in [6.45, 7) is 11.2. The number of carbonyl (C=O) groups is 5. The van der Waals surface area contributed by atoms with Crippen molar-refractivity contribution in [2.24, 2.45) is 5.92 Å². The van der Waals surface area contributed by atoms with Crippen LogP contribution in [-0.4, -0.2) is 83.9 Å². The summed E-state index contributed by atoms with van der Waals surface area (Å²) in [5.74, 6) is -3.90. The number of nitrogens with one attached hydrogen (secondary N) is 4. The average Bonchev–Trinajstić information content (AvgIpc) is 2.62. The predicted octanol–water partition coefficient (Wildman–Crippen LogP) is -1.52. The van der Waals surface area contributed by atoms with Gasteiger partial charge in [0.2, 0.25) is 23.6 Å². The molecule has 0 spiro atoms. The maximum Gasteiger partial charge on any atom is 0.294 e. The Balaban J connectivity index is -0.00000140. The smallest absolute Gasteiger partial charge is 0.294 e. The van der Waals surface area contributed by atoms with E-state index in [2.05, 4.69) is 28.2 Å². The number of aliphatic carboxylic acids is 1. The minimum atomic E-state index is -1.36. The molecule has 5 N–H and O–H groups in total. The summed E-state index contributed by atoms with van der Waals surface area (Å²) in [6.07, 6.45) is 0. The summed E-state index contributed by atoms with van der Waals surface area (Å²) in [5.41, 5.74) is -0.816. The molecule has 11 nitrogen and oxygen atoms in total. The van der Waals surface area contributed by atoms with Crippen molar-refractivity contribution in [3.8, 4) is 0 Å². The van der Waals surface area contributed by atoms with Crippen molar-refractivity contribution in [3.63, 3.8) is 0 Å². The van der Waals surface area contributed by atoms with E-state index >= 15 is 0 Å². The molecular formula is C19H34N5O6Y3-. The second-order valence-electron chi connectivity index (χ2n) is 8.06. The summed E-state index contributed by atoms with van der Waals surface area (Å²) < 4.78 is 0. The van der Waals surface area contributed by atoms with E-state index in [0.717, 1.165) is 0 Å². The van der Waals surface area contributed by atoms with Crippen LogP contribution in [0, 0.1) is 12.8 Å². The molecule has 0 aromatic carbocycles. The molecule has 0 rings (SSSR count). The first-order valence-electron chi connectivity index (χ1n) is 9.53. The molecule has 0 aromatic rings. The SMILES string of the molecule is [CH2-]C(NC(=O)C(NC(=O)C(C)NC(=O)CNC(=O)C(C)(C)N(C)C)C(C)C)C(=O)O.[Y].[Y].[Y]. The monoisotopic (exact) mass is 695 g/mol. The van der Waals surface area contributed by atoms with E-state index in [1.165, 1.54) is 6.92 Å². The number of carboxylic acid groups (broad SMARTS) is 1. The van der Waals surface area contributed by atoms with Crippen LogP contribution in [0.3, 0.4) is 0 Å². The summed E-state index contributed by atoms with van der Waals surface area (Å²) in [7, 11) is 3.47. The van der Waals surface area contributed by atoms with Crippen molar-refractivity contribution in [3.05, 3.63) is 6.92 Å². The number of amides is 4. The van der Waals surface area contributed by atoms with Gasteiger partial charge in [-0.25, -0.2) is 0 Å². The van der Waals surface area contributed by atoms with Crippen LogP contribution in [0.15, 0.2) is 0 Å². The zero-order valence-electron chi connectivity index (χ0n) is 20.4. The van der Waals surface area contributed by atoms with E-state index in [1.807, 2.05) is 0 Å². The predicted molar refractivity (Wildman–Crippen MR) is 110 cm³/mol. The Morgan fingerprint density at radius 3 is 1.79 bits per heavy atom. The quantitative estimate of drug-likeness (QED) is 0.165. The average molecular weight is 695 g/mol. The van der Waals surface area contributed by atoms with Gasteiger partial charge in [0.15, 0.2) is 0 Å². The fourth-order valence-electron chi connectivity index (χ4n) is 2.07. The van der Waals surface area contributed by atoms with Gasteiger partial charge in [-0.05, 0) is 40.8 Å². The molecule has 3 radical (unpaired) electrons. The Bertz CT molecular complexity index is 676. The minimum absolute atomic E-state index is 0. The number of rotatable bonds is 11. The van der Waals surface area contributed by atoms with E-state index < -0.39 is 47.4 Å². The first kappa shape index (κ1) is 40.8. The van der Waals surface area contributed by atoms with Crippen molar-refractivity contribution >= 4 is 29.6 Å². The maximum atomic E-state index is 12.4. The molecule has 0 aliphatic heterocycles. The first-order chi connectivity index (χ1) is 13.6. The number of nitrogens with zero attached hydrogens (tertiary/aromatic N) is 1. The van der Waals surface area contributed by atoms with E-state index in [-0.39, 0.29) is 116 Å². The van der Waals surface area contributed by atoms with Crippen LogP contribution in [0.2, 0.25) is 0 Å². The Morgan fingerprint density at radius 1 is 0.909 bits per heavy atom. The van der Waals surface area contributed by atoms with Gasteiger partial charge in [0.1, 0.15) is 12.1 Å². The molecule has 181 valence electrons. The van der Waals surface area contributed by atoms with Crippen molar-refractivity contribution in [1.82, 2.24) is 26.2 Å². The molecule has 0 bridgehead atoms. The van der Waals surface area contributed by atoms with Crippen LogP contribution >= 0.6 is 0 Å². The Labute approximate surface area is 271 Å². The molecule has 3 unspecified atom stereocenters. The van der Waals surface area contributed by atoms with Crippen molar-refractivity contribution in [2.75, 3.05) is 20.6 Å². The summed E-state index contributed by atoms with van der Waals surface area (Å²) in [4.78, 5) is 61.4. The molecular weight excluding hydrogens is 661 g/mol. The van der Waals surface area contributed by atoms with Crippen LogP contribution in [0.25, 0.3) is 0 Å². The van der Waals surface area contributed by atoms with Crippen LogP contribution in [0.5, 0.6) is 0 Å². The number of hydrogen-bond donors (Lipinski definition) is 5.